The summed E-state index contributed by atoms with van der Waals surface area (Å²) >= 11 is 0. The first-order chi connectivity index (χ1) is 16.1. The van der Waals surface area contributed by atoms with Crippen LogP contribution in [0.15, 0.2) is 96.7 Å². The van der Waals surface area contributed by atoms with E-state index in [2.05, 4.69) is 15.2 Å². The first-order valence-corrected chi connectivity index (χ1v) is 10.6. The highest BCUT2D eigenvalue weighted by Gasteiger charge is 2.58. The number of aryl methyl sites for hydroxylation is 1. The molecule has 2 atom stereocenters. The molecule has 33 heavy (non-hydrogen) atoms. The highest BCUT2D eigenvalue weighted by atomic mass is 16.7. The maximum absolute atomic E-state index is 14.1. The van der Waals surface area contributed by atoms with Crippen molar-refractivity contribution in [3.8, 4) is 5.75 Å². The molecule has 0 saturated carbocycles. The number of nitrogens with zero attached hydrogens (tertiary/aromatic N) is 4. The lowest BCUT2D eigenvalue weighted by Crippen LogP contribution is -2.48. The number of Topliss-reactive ketones (excluding diaryl/α,β-unsaturated/α-hetero) is 1. The van der Waals surface area contributed by atoms with Crippen molar-refractivity contribution in [2.45, 2.75) is 18.6 Å². The van der Waals surface area contributed by atoms with Gasteiger partial charge in [0.25, 0.3) is 0 Å². The van der Waals surface area contributed by atoms with E-state index in [1.807, 2.05) is 73.7 Å². The Kier molecular flexibility index (Phi) is 5.22. The molecular formula is C26H22N4O3. The summed E-state index contributed by atoms with van der Waals surface area (Å²) < 4.78 is 6.80. The lowest BCUT2D eigenvalue weighted by Gasteiger charge is -2.32. The molecule has 3 aromatic carbocycles. The van der Waals surface area contributed by atoms with Gasteiger partial charge in [-0.05, 0) is 24.6 Å². The van der Waals surface area contributed by atoms with E-state index in [0.29, 0.717) is 17.0 Å². The highest BCUT2D eigenvalue weighted by Crippen LogP contribution is 2.45. The summed E-state index contributed by atoms with van der Waals surface area (Å²) in [7, 11) is 1.62. The van der Waals surface area contributed by atoms with Crippen LogP contribution in [0, 0.1) is 6.92 Å². The summed E-state index contributed by atoms with van der Waals surface area (Å²) in [6, 6.07) is 24.6. The molecule has 0 N–H and O–H groups in total. The summed E-state index contributed by atoms with van der Waals surface area (Å²) in [5.74, 6) is -0.131. The molecule has 5 rings (SSSR count). The van der Waals surface area contributed by atoms with Crippen LogP contribution in [0.1, 0.15) is 33.0 Å². The number of benzene rings is 3. The third-order valence-corrected chi connectivity index (χ3v) is 5.86. The number of carbonyl (C=O) groups is 1. The number of hydrogen-bond acceptors (Lipinski definition) is 6. The van der Waals surface area contributed by atoms with Crippen LogP contribution in [0.4, 0.5) is 0 Å². The number of methoxy groups -OCH3 is 1. The molecule has 7 heteroatoms. The lowest BCUT2D eigenvalue weighted by molar-refractivity contribution is -0.0711. The van der Waals surface area contributed by atoms with E-state index in [-0.39, 0.29) is 5.78 Å². The molecule has 1 aliphatic rings. The van der Waals surface area contributed by atoms with Gasteiger partial charge in [-0.2, -0.15) is 5.10 Å². The fraction of sp³-hybridized carbons (Fsp3) is 0.154. The fourth-order valence-electron chi connectivity index (χ4n) is 4.16. The molecule has 4 aromatic rings. The molecule has 0 aliphatic carbocycles. The molecule has 1 aromatic heterocycles. The second-order valence-electron chi connectivity index (χ2n) is 7.87. The van der Waals surface area contributed by atoms with Gasteiger partial charge in [-0.1, -0.05) is 77.4 Å². The van der Waals surface area contributed by atoms with Gasteiger partial charge in [-0.3, -0.25) is 4.79 Å². The number of carbonyl (C=O) groups excluding carboxylic acids is 1. The maximum atomic E-state index is 14.1. The average Bonchev–Trinajstić information content (AvgIpc) is 3.54. The number of ether oxygens (including phenoxy) is 1. The Morgan fingerprint density at radius 3 is 2.36 bits per heavy atom. The summed E-state index contributed by atoms with van der Waals surface area (Å²) in [6.45, 7) is 2.02. The minimum atomic E-state index is -1.58. The van der Waals surface area contributed by atoms with Gasteiger partial charge in [0.2, 0.25) is 5.78 Å². The number of aromatic nitrogens is 3. The van der Waals surface area contributed by atoms with Crippen LogP contribution in [0.25, 0.3) is 0 Å². The maximum Gasteiger partial charge on any atom is 0.305 e. The van der Waals surface area contributed by atoms with Gasteiger partial charge in [0.1, 0.15) is 30.0 Å². The molecule has 1 aliphatic heterocycles. The molecule has 0 spiro atoms. The minimum Gasteiger partial charge on any atom is -0.497 e. The normalized spacial score (nSPS) is 19.6. The Balaban J connectivity index is 1.73. The number of hydrogen-bond donors (Lipinski definition) is 0. The lowest BCUT2D eigenvalue weighted by atomic mass is 9.78. The Hall–Kier alpha value is -4.26. The van der Waals surface area contributed by atoms with E-state index in [4.69, 9.17) is 9.57 Å². The van der Waals surface area contributed by atoms with Crippen LogP contribution in [0.2, 0.25) is 0 Å². The summed E-state index contributed by atoms with van der Waals surface area (Å²) in [4.78, 5) is 24.3. The number of ketones is 1. The molecule has 2 heterocycles. The minimum absolute atomic E-state index is 0.264. The average molecular weight is 438 g/mol. The molecule has 0 saturated heterocycles. The summed E-state index contributed by atoms with van der Waals surface area (Å²) in [5, 5.41) is 8.80. The summed E-state index contributed by atoms with van der Waals surface area (Å²) in [5.41, 5.74) is 2.39. The van der Waals surface area contributed by atoms with Gasteiger partial charge < -0.3 is 9.57 Å². The molecular weight excluding hydrogens is 416 g/mol. The van der Waals surface area contributed by atoms with Crippen molar-refractivity contribution in [1.82, 2.24) is 14.8 Å². The quantitative estimate of drug-likeness (QED) is 0.418. The zero-order valence-electron chi connectivity index (χ0n) is 18.3. The zero-order valence-corrected chi connectivity index (χ0v) is 18.3. The van der Waals surface area contributed by atoms with Crippen LogP contribution in [0.3, 0.4) is 0 Å². The van der Waals surface area contributed by atoms with Crippen molar-refractivity contribution >= 4 is 11.5 Å². The number of rotatable bonds is 6. The van der Waals surface area contributed by atoms with Crippen molar-refractivity contribution in [3.63, 3.8) is 0 Å². The summed E-state index contributed by atoms with van der Waals surface area (Å²) in [6.07, 6.45) is 2.88. The number of oxime groups is 1. The fourth-order valence-corrected chi connectivity index (χ4v) is 4.16. The SMILES string of the molecule is COc1ccc(C2C(c3ccc(C)cc3)=NOC2(C(=O)c2ccccc2)n2cncn2)cc1. The van der Waals surface area contributed by atoms with Crippen molar-refractivity contribution in [2.75, 3.05) is 7.11 Å². The van der Waals surface area contributed by atoms with Gasteiger partial charge in [0.15, 0.2) is 0 Å². The largest absolute Gasteiger partial charge is 0.497 e. The Morgan fingerprint density at radius 1 is 1.00 bits per heavy atom. The van der Waals surface area contributed by atoms with Crippen molar-refractivity contribution in [1.29, 1.82) is 0 Å². The first-order valence-electron chi connectivity index (χ1n) is 10.6. The van der Waals surface area contributed by atoms with Gasteiger partial charge in [0, 0.05) is 11.1 Å². The van der Waals surface area contributed by atoms with Crippen LogP contribution < -0.4 is 4.74 Å². The Bertz CT molecular complexity index is 1280. The van der Waals surface area contributed by atoms with E-state index in [9.17, 15) is 4.79 Å². The van der Waals surface area contributed by atoms with Crippen LogP contribution >= 0.6 is 0 Å². The van der Waals surface area contributed by atoms with Gasteiger partial charge in [-0.15, -0.1) is 0 Å². The standard InChI is InChI=1S/C26H22N4O3/c1-18-8-10-20(11-9-18)24-23(19-12-14-22(32-2)15-13-19)26(33-29-24,30-17-27-16-28-30)25(31)21-6-4-3-5-7-21/h3-17,23H,1-2H3. The van der Waals surface area contributed by atoms with E-state index < -0.39 is 11.6 Å². The zero-order chi connectivity index (χ0) is 22.8. The van der Waals surface area contributed by atoms with E-state index >= 15 is 0 Å². The molecule has 0 amide bonds. The predicted molar refractivity (Wildman–Crippen MR) is 123 cm³/mol. The van der Waals surface area contributed by atoms with Crippen molar-refractivity contribution in [3.05, 3.63) is 114 Å². The first kappa shape index (κ1) is 20.6. The molecule has 2 unspecified atom stereocenters. The third-order valence-electron chi connectivity index (χ3n) is 5.86. The Morgan fingerprint density at radius 2 is 1.73 bits per heavy atom. The molecule has 0 fully saturated rings. The van der Waals surface area contributed by atoms with Crippen LogP contribution in [-0.2, 0) is 10.6 Å². The Labute approximate surface area is 191 Å². The molecule has 7 nitrogen and oxygen atoms in total. The van der Waals surface area contributed by atoms with E-state index in [1.54, 1.807) is 19.2 Å². The molecule has 0 radical (unpaired) electrons. The van der Waals surface area contributed by atoms with Crippen molar-refractivity contribution < 1.29 is 14.4 Å². The van der Waals surface area contributed by atoms with Gasteiger partial charge in [0.05, 0.1) is 7.11 Å². The van der Waals surface area contributed by atoms with Crippen LogP contribution in [-0.4, -0.2) is 33.4 Å². The second kappa shape index (κ2) is 8.35. The van der Waals surface area contributed by atoms with Crippen LogP contribution in [0.5, 0.6) is 5.75 Å². The smallest absolute Gasteiger partial charge is 0.305 e. The monoisotopic (exact) mass is 438 g/mol. The van der Waals surface area contributed by atoms with Gasteiger partial charge in [-0.25, -0.2) is 9.67 Å². The highest BCUT2D eigenvalue weighted by molar-refractivity contribution is 6.13. The van der Waals surface area contributed by atoms with Gasteiger partial charge >= 0.3 is 5.72 Å². The van der Waals surface area contributed by atoms with E-state index in [1.165, 1.54) is 17.3 Å². The molecule has 0 bridgehead atoms. The molecule has 164 valence electrons. The second-order valence-corrected chi connectivity index (χ2v) is 7.87. The topological polar surface area (TPSA) is 78.6 Å². The third kappa shape index (κ3) is 3.47. The van der Waals surface area contributed by atoms with E-state index in [0.717, 1.165) is 16.7 Å². The van der Waals surface area contributed by atoms with Crippen molar-refractivity contribution in [2.24, 2.45) is 5.16 Å². The predicted octanol–water partition coefficient (Wildman–Crippen LogP) is 4.35.